The SMILES string of the molecule is CC(C)=CCN1C(=O)c2cccc(Br)c2S1(=O)=O. The summed E-state index contributed by atoms with van der Waals surface area (Å²) >= 11 is 3.18. The Bertz CT molecular complexity index is 645. The summed E-state index contributed by atoms with van der Waals surface area (Å²) in [4.78, 5) is 12.1. The predicted octanol–water partition coefficient (Wildman–Crippen LogP) is 2.56. The molecule has 0 fully saturated rings. The average Bonchev–Trinajstić information content (AvgIpc) is 2.46. The van der Waals surface area contributed by atoms with Gasteiger partial charge in [0.05, 0.1) is 12.1 Å². The van der Waals surface area contributed by atoms with Crippen LogP contribution < -0.4 is 0 Å². The van der Waals surface area contributed by atoms with Crippen molar-refractivity contribution >= 4 is 31.9 Å². The molecule has 0 N–H and O–H groups in total. The van der Waals surface area contributed by atoms with Gasteiger partial charge in [0.2, 0.25) is 0 Å². The standard InChI is InChI=1S/C12H12BrNO3S/c1-8(2)6-7-14-12(15)9-4-3-5-10(13)11(9)18(14,16)17/h3-6H,7H2,1-2H3. The van der Waals surface area contributed by atoms with Crippen LogP contribution in [0.5, 0.6) is 0 Å². The number of carbonyl (C=O) groups excluding carboxylic acids is 1. The highest BCUT2D eigenvalue weighted by Crippen LogP contribution is 2.35. The molecule has 0 saturated carbocycles. The third-order valence-electron chi connectivity index (χ3n) is 2.64. The number of sulfonamides is 1. The molecule has 0 radical (unpaired) electrons. The molecular formula is C12H12BrNO3S. The van der Waals surface area contributed by atoms with Gasteiger partial charge in [-0.3, -0.25) is 4.79 Å². The van der Waals surface area contributed by atoms with Crippen molar-refractivity contribution in [2.45, 2.75) is 18.7 Å². The minimum absolute atomic E-state index is 0.0668. The smallest absolute Gasteiger partial charge is 0.268 e. The Kier molecular flexibility index (Phi) is 3.33. The Labute approximate surface area is 114 Å². The van der Waals surface area contributed by atoms with Gasteiger partial charge in [-0.1, -0.05) is 17.7 Å². The van der Waals surface area contributed by atoms with E-state index < -0.39 is 15.9 Å². The number of rotatable bonds is 2. The normalized spacial score (nSPS) is 16.6. The van der Waals surface area contributed by atoms with Crippen LogP contribution in [-0.4, -0.2) is 25.2 Å². The zero-order valence-electron chi connectivity index (χ0n) is 9.97. The molecule has 96 valence electrons. The molecule has 4 nitrogen and oxygen atoms in total. The third kappa shape index (κ3) is 1.99. The van der Waals surface area contributed by atoms with Crippen LogP contribution in [0.2, 0.25) is 0 Å². The second-order valence-corrected chi connectivity index (χ2v) is 6.89. The van der Waals surface area contributed by atoms with Crippen molar-refractivity contribution in [2.75, 3.05) is 6.54 Å². The second-order valence-electron chi connectivity index (χ2n) is 4.24. The fourth-order valence-electron chi connectivity index (χ4n) is 1.74. The summed E-state index contributed by atoms with van der Waals surface area (Å²) in [5.74, 6) is -0.469. The molecule has 1 aliphatic rings. The molecular weight excluding hydrogens is 318 g/mol. The van der Waals surface area contributed by atoms with Crippen molar-refractivity contribution in [3.8, 4) is 0 Å². The monoisotopic (exact) mass is 329 g/mol. The maximum atomic E-state index is 12.3. The van der Waals surface area contributed by atoms with Crippen molar-refractivity contribution in [3.63, 3.8) is 0 Å². The van der Waals surface area contributed by atoms with E-state index in [1.807, 2.05) is 13.8 Å². The minimum Gasteiger partial charge on any atom is -0.268 e. The Morgan fingerprint density at radius 3 is 2.61 bits per heavy atom. The first-order valence-electron chi connectivity index (χ1n) is 5.34. The van der Waals surface area contributed by atoms with Crippen LogP contribution in [0.25, 0.3) is 0 Å². The Morgan fingerprint density at radius 1 is 1.39 bits per heavy atom. The molecule has 0 spiro atoms. The van der Waals surface area contributed by atoms with Crippen LogP contribution in [0.15, 0.2) is 39.2 Å². The number of hydrogen-bond acceptors (Lipinski definition) is 3. The molecule has 0 bridgehead atoms. The Morgan fingerprint density at radius 2 is 2.06 bits per heavy atom. The van der Waals surface area contributed by atoms with Gasteiger partial charge in [0.15, 0.2) is 0 Å². The largest absolute Gasteiger partial charge is 0.269 e. The molecule has 1 aliphatic heterocycles. The fraction of sp³-hybridized carbons (Fsp3) is 0.250. The van der Waals surface area contributed by atoms with Crippen molar-refractivity contribution in [3.05, 3.63) is 39.9 Å². The summed E-state index contributed by atoms with van der Waals surface area (Å²) in [6, 6.07) is 4.80. The summed E-state index contributed by atoms with van der Waals surface area (Å²) in [5.41, 5.74) is 1.19. The van der Waals surface area contributed by atoms with Crippen molar-refractivity contribution in [1.82, 2.24) is 4.31 Å². The van der Waals surface area contributed by atoms with Gasteiger partial charge in [-0.25, -0.2) is 12.7 Å². The van der Waals surface area contributed by atoms with Gasteiger partial charge in [-0.15, -0.1) is 0 Å². The summed E-state index contributed by atoms with van der Waals surface area (Å²) in [6.07, 6.45) is 1.72. The lowest BCUT2D eigenvalue weighted by atomic mass is 10.2. The highest BCUT2D eigenvalue weighted by atomic mass is 79.9. The van der Waals surface area contributed by atoms with Gasteiger partial charge in [-0.2, -0.15) is 0 Å². The molecule has 0 aromatic heterocycles. The topological polar surface area (TPSA) is 54.5 Å². The number of fused-ring (bicyclic) bond motifs is 1. The number of carbonyl (C=O) groups is 1. The highest BCUT2D eigenvalue weighted by molar-refractivity contribution is 9.10. The number of halogens is 1. The lowest BCUT2D eigenvalue weighted by Gasteiger charge is -2.12. The first-order chi connectivity index (χ1) is 8.35. The lowest BCUT2D eigenvalue weighted by Crippen LogP contribution is -2.30. The highest BCUT2D eigenvalue weighted by Gasteiger charge is 2.41. The lowest BCUT2D eigenvalue weighted by molar-refractivity contribution is 0.0880. The quantitative estimate of drug-likeness (QED) is 0.783. The van der Waals surface area contributed by atoms with Crippen molar-refractivity contribution in [1.29, 1.82) is 0 Å². The first kappa shape index (κ1) is 13.3. The van der Waals surface area contributed by atoms with Crippen LogP contribution in [0.1, 0.15) is 24.2 Å². The molecule has 1 heterocycles. The fourth-order valence-corrected chi connectivity index (χ4v) is 4.28. The number of hydrogen-bond donors (Lipinski definition) is 0. The summed E-state index contributed by atoms with van der Waals surface area (Å²) in [6.45, 7) is 3.79. The van der Waals surface area contributed by atoms with Crippen LogP contribution in [0, 0.1) is 0 Å². The van der Waals surface area contributed by atoms with E-state index in [2.05, 4.69) is 15.9 Å². The van der Waals surface area contributed by atoms with Gasteiger partial charge in [0.25, 0.3) is 15.9 Å². The third-order valence-corrected chi connectivity index (χ3v) is 5.41. The zero-order chi connectivity index (χ0) is 13.5. The van der Waals surface area contributed by atoms with E-state index in [-0.39, 0.29) is 17.0 Å². The summed E-state index contributed by atoms with van der Waals surface area (Å²) < 4.78 is 25.9. The van der Waals surface area contributed by atoms with Crippen LogP contribution in [0.4, 0.5) is 0 Å². The number of amides is 1. The van der Waals surface area contributed by atoms with Gasteiger partial charge in [0, 0.05) is 4.47 Å². The number of nitrogens with zero attached hydrogens (tertiary/aromatic N) is 1. The Balaban J connectivity index is 2.55. The molecule has 1 amide bonds. The van der Waals surface area contributed by atoms with E-state index >= 15 is 0 Å². The van der Waals surface area contributed by atoms with E-state index in [0.717, 1.165) is 9.88 Å². The molecule has 0 atom stereocenters. The molecule has 1 aromatic carbocycles. The van der Waals surface area contributed by atoms with Gasteiger partial charge < -0.3 is 0 Å². The van der Waals surface area contributed by atoms with E-state index in [1.165, 1.54) is 6.07 Å². The second kappa shape index (κ2) is 4.51. The maximum absolute atomic E-state index is 12.3. The molecule has 2 rings (SSSR count). The van der Waals surface area contributed by atoms with Crippen LogP contribution >= 0.6 is 15.9 Å². The van der Waals surface area contributed by atoms with E-state index in [0.29, 0.717) is 4.47 Å². The number of allylic oxidation sites excluding steroid dienone is 1. The first-order valence-corrected chi connectivity index (χ1v) is 7.58. The van der Waals surface area contributed by atoms with E-state index in [1.54, 1.807) is 18.2 Å². The minimum atomic E-state index is -3.73. The number of benzene rings is 1. The Hall–Kier alpha value is -1.14. The average molecular weight is 330 g/mol. The van der Waals surface area contributed by atoms with Gasteiger partial charge in [-0.05, 0) is 41.9 Å². The van der Waals surface area contributed by atoms with E-state index in [4.69, 9.17) is 0 Å². The molecule has 0 aliphatic carbocycles. The molecule has 6 heteroatoms. The predicted molar refractivity (Wildman–Crippen MR) is 71.8 cm³/mol. The van der Waals surface area contributed by atoms with Gasteiger partial charge >= 0.3 is 0 Å². The molecule has 18 heavy (non-hydrogen) atoms. The van der Waals surface area contributed by atoms with Gasteiger partial charge in [0.1, 0.15) is 4.90 Å². The van der Waals surface area contributed by atoms with E-state index in [9.17, 15) is 13.2 Å². The summed E-state index contributed by atoms with van der Waals surface area (Å²) in [7, 11) is -3.73. The zero-order valence-corrected chi connectivity index (χ0v) is 12.4. The maximum Gasteiger partial charge on any atom is 0.269 e. The summed E-state index contributed by atoms with van der Waals surface area (Å²) in [5, 5.41) is 0. The van der Waals surface area contributed by atoms with Crippen molar-refractivity contribution < 1.29 is 13.2 Å². The molecule has 1 aromatic rings. The van der Waals surface area contributed by atoms with Crippen molar-refractivity contribution in [2.24, 2.45) is 0 Å². The van der Waals surface area contributed by atoms with Crippen LogP contribution in [-0.2, 0) is 10.0 Å². The molecule has 0 saturated heterocycles. The molecule has 0 unspecified atom stereocenters. The van der Waals surface area contributed by atoms with Crippen LogP contribution in [0.3, 0.4) is 0 Å².